The molecule has 1 aliphatic heterocycles. The summed E-state index contributed by atoms with van der Waals surface area (Å²) in [6, 6.07) is 15.8. The Labute approximate surface area is 170 Å². The third-order valence-electron chi connectivity index (χ3n) is 5.28. The van der Waals surface area contributed by atoms with Crippen molar-refractivity contribution in [2.24, 2.45) is 0 Å². The molecule has 29 heavy (non-hydrogen) atoms. The van der Waals surface area contributed by atoms with Gasteiger partial charge in [-0.05, 0) is 30.2 Å². The molecule has 1 aliphatic rings. The second kappa shape index (κ2) is 7.99. The third-order valence-corrected chi connectivity index (χ3v) is 5.28. The Balaban J connectivity index is 1.52. The van der Waals surface area contributed by atoms with Crippen LogP contribution in [0.3, 0.4) is 0 Å². The zero-order valence-corrected chi connectivity index (χ0v) is 16.8. The zero-order chi connectivity index (χ0) is 20.4. The Kier molecular flexibility index (Phi) is 5.25. The van der Waals surface area contributed by atoms with Crippen LogP contribution in [0, 0.1) is 0 Å². The number of carbonyl (C=O) groups excluding carboxylic acids is 2. The van der Waals surface area contributed by atoms with Crippen molar-refractivity contribution >= 4 is 22.7 Å². The van der Waals surface area contributed by atoms with Crippen molar-refractivity contribution in [2.75, 3.05) is 27.2 Å². The van der Waals surface area contributed by atoms with E-state index < -0.39 is 0 Å². The van der Waals surface area contributed by atoms with Crippen molar-refractivity contribution in [1.29, 1.82) is 0 Å². The summed E-state index contributed by atoms with van der Waals surface area (Å²) < 4.78 is 5.86. The standard InChI is InChI=1S/C23H25N3O3/c1-25(2)22(27)10-8-16-7-9-21-18(13-16)15-26(11-12-29-21)23(28)20-14-17-5-3-4-6-19(17)24-20/h3-7,9,13-14,24H,8,10-12,15H2,1-2H3. The number of carbonyl (C=O) groups is 2. The minimum absolute atomic E-state index is 0.0363. The van der Waals surface area contributed by atoms with Crippen molar-refractivity contribution in [2.45, 2.75) is 19.4 Å². The molecule has 0 spiro atoms. The van der Waals surface area contributed by atoms with E-state index in [1.54, 1.807) is 19.0 Å². The van der Waals surface area contributed by atoms with E-state index in [9.17, 15) is 9.59 Å². The van der Waals surface area contributed by atoms with E-state index in [1.165, 1.54) is 0 Å². The monoisotopic (exact) mass is 391 g/mol. The SMILES string of the molecule is CN(C)C(=O)CCc1ccc2c(c1)CN(C(=O)c1cc3ccccc3[nH]1)CCO2. The number of rotatable bonds is 4. The number of nitrogens with one attached hydrogen (secondary N) is 1. The van der Waals surface area contributed by atoms with Gasteiger partial charge in [-0.3, -0.25) is 9.59 Å². The second-order valence-corrected chi connectivity index (χ2v) is 7.58. The van der Waals surface area contributed by atoms with E-state index in [4.69, 9.17) is 4.74 Å². The van der Waals surface area contributed by atoms with Crippen molar-refractivity contribution in [3.63, 3.8) is 0 Å². The number of para-hydroxylation sites is 1. The van der Waals surface area contributed by atoms with Crippen LogP contribution in [0.5, 0.6) is 5.75 Å². The maximum Gasteiger partial charge on any atom is 0.270 e. The minimum atomic E-state index is -0.0363. The molecule has 6 nitrogen and oxygen atoms in total. The van der Waals surface area contributed by atoms with Gasteiger partial charge in [-0.2, -0.15) is 0 Å². The number of fused-ring (bicyclic) bond motifs is 2. The van der Waals surface area contributed by atoms with Gasteiger partial charge in [-0.25, -0.2) is 0 Å². The van der Waals surface area contributed by atoms with E-state index in [0.29, 0.717) is 38.2 Å². The van der Waals surface area contributed by atoms with E-state index in [-0.39, 0.29) is 11.8 Å². The molecular formula is C23H25N3O3. The van der Waals surface area contributed by atoms with Gasteiger partial charge in [0.05, 0.1) is 6.54 Å². The van der Waals surface area contributed by atoms with Crippen LogP contribution >= 0.6 is 0 Å². The molecule has 0 bridgehead atoms. The summed E-state index contributed by atoms with van der Waals surface area (Å²) in [5.41, 5.74) is 3.58. The Morgan fingerprint density at radius 2 is 1.97 bits per heavy atom. The number of amides is 2. The fraction of sp³-hybridized carbons (Fsp3) is 0.304. The molecule has 1 N–H and O–H groups in total. The van der Waals surface area contributed by atoms with Gasteiger partial charge in [-0.1, -0.05) is 30.3 Å². The Morgan fingerprint density at radius 3 is 2.76 bits per heavy atom. The molecule has 4 rings (SSSR count). The van der Waals surface area contributed by atoms with Crippen LogP contribution in [0.2, 0.25) is 0 Å². The smallest absolute Gasteiger partial charge is 0.270 e. The van der Waals surface area contributed by atoms with Crippen molar-refractivity contribution in [3.8, 4) is 5.75 Å². The molecule has 0 saturated carbocycles. The zero-order valence-electron chi connectivity index (χ0n) is 16.8. The molecule has 2 amide bonds. The number of aromatic amines is 1. The molecular weight excluding hydrogens is 366 g/mol. The average molecular weight is 391 g/mol. The van der Waals surface area contributed by atoms with Crippen LogP contribution in [0.15, 0.2) is 48.5 Å². The van der Waals surface area contributed by atoms with Gasteiger partial charge >= 0.3 is 0 Å². The van der Waals surface area contributed by atoms with Gasteiger partial charge in [0.1, 0.15) is 18.1 Å². The topological polar surface area (TPSA) is 65.6 Å². The number of hydrogen-bond acceptors (Lipinski definition) is 3. The van der Waals surface area contributed by atoms with Crippen LogP contribution in [0.25, 0.3) is 10.9 Å². The lowest BCUT2D eigenvalue weighted by Gasteiger charge is -2.19. The van der Waals surface area contributed by atoms with E-state index in [0.717, 1.165) is 27.8 Å². The molecule has 0 atom stereocenters. The van der Waals surface area contributed by atoms with Crippen molar-refractivity contribution < 1.29 is 14.3 Å². The Bertz CT molecular complexity index is 1020. The molecule has 0 saturated heterocycles. The fourth-order valence-electron chi connectivity index (χ4n) is 3.61. The number of hydrogen-bond donors (Lipinski definition) is 1. The van der Waals surface area contributed by atoms with E-state index >= 15 is 0 Å². The first kappa shape index (κ1) is 19.1. The number of benzene rings is 2. The van der Waals surface area contributed by atoms with Gasteiger partial charge in [0.2, 0.25) is 5.91 Å². The predicted octanol–water partition coefficient (Wildman–Crippen LogP) is 3.22. The molecule has 2 aromatic carbocycles. The van der Waals surface area contributed by atoms with E-state index in [2.05, 4.69) is 11.1 Å². The summed E-state index contributed by atoms with van der Waals surface area (Å²) in [6.07, 6.45) is 1.13. The molecule has 0 fully saturated rings. The first-order valence-electron chi connectivity index (χ1n) is 9.83. The van der Waals surface area contributed by atoms with Crippen molar-refractivity contribution in [1.82, 2.24) is 14.8 Å². The van der Waals surface area contributed by atoms with Gasteiger partial charge in [0, 0.05) is 43.5 Å². The van der Waals surface area contributed by atoms with Crippen LogP contribution in [0.4, 0.5) is 0 Å². The van der Waals surface area contributed by atoms with Gasteiger partial charge in [-0.15, -0.1) is 0 Å². The first-order chi connectivity index (χ1) is 14.0. The van der Waals surface area contributed by atoms with Crippen LogP contribution in [-0.4, -0.2) is 53.8 Å². The summed E-state index contributed by atoms with van der Waals surface area (Å²) in [7, 11) is 3.53. The van der Waals surface area contributed by atoms with Gasteiger partial charge < -0.3 is 19.5 Å². The summed E-state index contributed by atoms with van der Waals surface area (Å²) in [6.45, 7) is 1.47. The highest BCUT2D eigenvalue weighted by molar-refractivity contribution is 5.98. The number of nitrogens with zero attached hydrogens (tertiary/aromatic N) is 2. The lowest BCUT2D eigenvalue weighted by Crippen LogP contribution is -2.32. The van der Waals surface area contributed by atoms with E-state index in [1.807, 2.05) is 47.4 Å². The summed E-state index contributed by atoms with van der Waals surface area (Å²) in [4.78, 5) is 31.6. The first-order valence-corrected chi connectivity index (χ1v) is 9.83. The lowest BCUT2D eigenvalue weighted by molar-refractivity contribution is -0.128. The van der Waals surface area contributed by atoms with Crippen molar-refractivity contribution in [3.05, 3.63) is 65.4 Å². The molecule has 0 radical (unpaired) electrons. The average Bonchev–Trinajstić information content (AvgIpc) is 3.04. The van der Waals surface area contributed by atoms with Gasteiger partial charge in [0.15, 0.2) is 0 Å². The highest BCUT2D eigenvalue weighted by Crippen LogP contribution is 2.26. The fourth-order valence-corrected chi connectivity index (χ4v) is 3.61. The number of ether oxygens (including phenoxy) is 1. The normalized spacial score (nSPS) is 13.5. The number of aromatic nitrogens is 1. The predicted molar refractivity (Wildman–Crippen MR) is 112 cm³/mol. The maximum absolute atomic E-state index is 13.1. The second-order valence-electron chi connectivity index (χ2n) is 7.58. The number of aryl methyl sites for hydroxylation is 1. The largest absolute Gasteiger partial charge is 0.491 e. The van der Waals surface area contributed by atoms with Gasteiger partial charge in [0.25, 0.3) is 5.91 Å². The summed E-state index contributed by atoms with van der Waals surface area (Å²) in [5, 5.41) is 1.02. The molecule has 3 aromatic rings. The minimum Gasteiger partial charge on any atom is -0.491 e. The third kappa shape index (κ3) is 4.11. The Morgan fingerprint density at radius 1 is 1.14 bits per heavy atom. The lowest BCUT2D eigenvalue weighted by atomic mass is 10.0. The van der Waals surface area contributed by atoms with Crippen LogP contribution < -0.4 is 4.74 Å². The van der Waals surface area contributed by atoms with Crippen LogP contribution in [0.1, 0.15) is 28.0 Å². The molecule has 2 heterocycles. The summed E-state index contributed by atoms with van der Waals surface area (Å²) >= 11 is 0. The highest BCUT2D eigenvalue weighted by atomic mass is 16.5. The highest BCUT2D eigenvalue weighted by Gasteiger charge is 2.22. The molecule has 6 heteroatoms. The van der Waals surface area contributed by atoms with Crippen LogP contribution in [-0.2, 0) is 17.8 Å². The Hall–Kier alpha value is -3.28. The molecule has 0 aliphatic carbocycles. The molecule has 1 aromatic heterocycles. The molecule has 150 valence electrons. The maximum atomic E-state index is 13.1. The summed E-state index contributed by atoms with van der Waals surface area (Å²) in [5.74, 6) is 0.872. The quantitative estimate of drug-likeness (QED) is 0.743. The molecule has 0 unspecified atom stereocenters. The number of H-pyrrole nitrogens is 1.